The predicted octanol–water partition coefficient (Wildman–Crippen LogP) is 3.92. The molecule has 22 heavy (non-hydrogen) atoms. The highest BCUT2D eigenvalue weighted by Gasteiger charge is 2.10. The van der Waals surface area contributed by atoms with E-state index < -0.39 is 0 Å². The summed E-state index contributed by atoms with van der Waals surface area (Å²) in [6.07, 6.45) is 1.45. The summed E-state index contributed by atoms with van der Waals surface area (Å²) in [5, 5.41) is 0. The molecular weight excluding hydrogens is 280 g/mol. The molecule has 0 rings (SSSR count). The molecule has 0 aliphatic heterocycles. The van der Waals surface area contributed by atoms with Gasteiger partial charge >= 0.3 is 0 Å². The maximum absolute atomic E-state index is 5.76. The zero-order valence-corrected chi connectivity index (χ0v) is 15.8. The summed E-state index contributed by atoms with van der Waals surface area (Å²) in [4.78, 5) is 0. The van der Waals surface area contributed by atoms with Crippen molar-refractivity contribution < 1.29 is 18.9 Å². The lowest BCUT2D eigenvalue weighted by Gasteiger charge is -2.21. The van der Waals surface area contributed by atoms with Crippen LogP contribution in [0.15, 0.2) is 0 Å². The maximum atomic E-state index is 5.76. The molecule has 0 aromatic carbocycles. The lowest BCUT2D eigenvalue weighted by Crippen LogP contribution is -2.27. The van der Waals surface area contributed by atoms with Crippen LogP contribution in [0, 0.1) is 11.8 Å². The summed E-state index contributed by atoms with van der Waals surface area (Å²) in [6.45, 7) is 18.2. The molecule has 0 radical (unpaired) electrons. The van der Waals surface area contributed by atoms with Gasteiger partial charge in [-0.15, -0.1) is 0 Å². The number of ether oxygens (including phenoxy) is 4. The molecule has 0 aromatic heterocycles. The van der Waals surface area contributed by atoms with Crippen molar-refractivity contribution in [3.8, 4) is 0 Å². The predicted molar refractivity (Wildman–Crippen MR) is 91.4 cm³/mol. The Morgan fingerprint density at radius 2 is 1.05 bits per heavy atom. The average molecular weight is 318 g/mol. The Labute approximate surface area is 137 Å². The minimum atomic E-state index is 0.0714. The molecule has 4 atom stereocenters. The van der Waals surface area contributed by atoms with Crippen LogP contribution in [0.3, 0.4) is 0 Å². The van der Waals surface area contributed by atoms with Crippen molar-refractivity contribution in [1.82, 2.24) is 0 Å². The molecule has 0 saturated heterocycles. The lowest BCUT2D eigenvalue weighted by molar-refractivity contribution is -0.0833. The van der Waals surface area contributed by atoms with Gasteiger partial charge < -0.3 is 18.9 Å². The first kappa shape index (κ1) is 21.8. The van der Waals surface area contributed by atoms with Crippen LogP contribution in [0.4, 0.5) is 0 Å². The first-order valence-corrected chi connectivity index (χ1v) is 8.77. The number of rotatable bonds is 14. The fourth-order valence-electron chi connectivity index (χ4n) is 1.65. The van der Waals surface area contributed by atoms with Gasteiger partial charge in [0.2, 0.25) is 0 Å². The molecule has 0 saturated carbocycles. The minimum absolute atomic E-state index is 0.0714. The van der Waals surface area contributed by atoms with E-state index in [1.165, 1.54) is 0 Å². The van der Waals surface area contributed by atoms with Crippen molar-refractivity contribution in [3.05, 3.63) is 0 Å². The summed E-state index contributed by atoms with van der Waals surface area (Å²) in [7, 11) is 0. The van der Waals surface area contributed by atoms with Crippen molar-refractivity contribution in [2.24, 2.45) is 11.8 Å². The molecule has 4 unspecified atom stereocenters. The average Bonchev–Trinajstić information content (AvgIpc) is 2.48. The standard InChI is InChI=1S/C18H38O4/c1-8-15(4)10-19-11-16(5)21-13-18(7)22-12-17(6)20-9-14(2)3/h14-18H,8-13H2,1-7H3. The van der Waals surface area contributed by atoms with Gasteiger partial charge in [0.05, 0.1) is 38.1 Å². The van der Waals surface area contributed by atoms with Gasteiger partial charge in [0.1, 0.15) is 0 Å². The Morgan fingerprint density at radius 3 is 1.50 bits per heavy atom. The lowest BCUT2D eigenvalue weighted by atomic mass is 10.1. The Kier molecular flexibility index (Phi) is 13.2. The minimum Gasteiger partial charge on any atom is -0.378 e. The molecule has 0 bridgehead atoms. The fourth-order valence-corrected chi connectivity index (χ4v) is 1.65. The largest absolute Gasteiger partial charge is 0.378 e. The molecule has 134 valence electrons. The highest BCUT2D eigenvalue weighted by molar-refractivity contribution is 4.56. The summed E-state index contributed by atoms with van der Waals surface area (Å²) in [5.41, 5.74) is 0. The van der Waals surface area contributed by atoms with Gasteiger partial charge in [-0.3, -0.25) is 0 Å². The van der Waals surface area contributed by atoms with Crippen LogP contribution in [-0.4, -0.2) is 51.3 Å². The summed E-state index contributed by atoms with van der Waals surface area (Å²) < 4.78 is 22.8. The van der Waals surface area contributed by atoms with Gasteiger partial charge in [0, 0.05) is 13.2 Å². The molecule has 0 aromatic rings. The highest BCUT2D eigenvalue weighted by Crippen LogP contribution is 2.04. The van der Waals surface area contributed by atoms with E-state index in [-0.39, 0.29) is 18.3 Å². The van der Waals surface area contributed by atoms with Crippen LogP contribution in [-0.2, 0) is 18.9 Å². The van der Waals surface area contributed by atoms with Crippen molar-refractivity contribution in [2.75, 3.05) is 33.0 Å². The zero-order valence-electron chi connectivity index (χ0n) is 15.8. The normalized spacial score (nSPS) is 17.5. The molecule has 4 heteroatoms. The number of hydrogen-bond donors (Lipinski definition) is 0. The quantitative estimate of drug-likeness (QED) is 0.486. The molecule has 0 heterocycles. The van der Waals surface area contributed by atoms with E-state index in [0.29, 0.717) is 31.7 Å². The Balaban J connectivity index is 3.60. The van der Waals surface area contributed by atoms with E-state index in [1.807, 2.05) is 20.8 Å². The van der Waals surface area contributed by atoms with Gasteiger partial charge in [-0.2, -0.15) is 0 Å². The first-order chi connectivity index (χ1) is 10.3. The summed E-state index contributed by atoms with van der Waals surface area (Å²) in [5.74, 6) is 1.17. The maximum Gasteiger partial charge on any atom is 0.0781 e. The van der Waals surface area contributed by atoms with Crippen LogP contribution >= 0.6 is 0 Å². The molecule has 4 nitrogen and oxygen atoms in total. The van der Waals surface area contributed by atoms with Gasteiger partial charge in [0.15, 0.2) is 0 Å². The second-order valence-electron chi connectivity index (χ2n) is 6.88. The third kappa shape index (κ3) is 13.5. The Bertz CT molecular complexity index is 245. The summed E-state index contributed by atoms with van der Waals surface area (Å²) >= 11 is 0. The van der Waals surface area contributed by atoms with E-state index >= 15 is 0 Å². The van der Waals surface area contributed by atoms with E-state index in [0.717, 1.165) is 19.6 Å². The molecule has 0 amide bonds. The van der Waals surface area contributed by atoms with Crippen LogP contribution in [0.1, 0.15) is 54.9 Å². The van der Waals surface area contributed by atoms with Crippen molar-refractivity contribution >= 4 is 0 Å². The SMILES string of the molecule is CCC(C)COCC(C)OCC(C)OCC(C)OCC(C)C. The van der Waals surface area contributed by atoms with Crippen molar-refractivity contribution in [1.29, 1.82) is 0 Å². The van der Waals surface area contributed by atoms with E-state index in [4.69, 9.17) is 18.9 Å². The second-order valence-corrected chi connectivity index (χ2v) is 6.88. The Morgan fingerprint density at radius 1 is 0.591 bits per heavy atom. The van der Waals surface area contributed by atoms with Crippen LogP contribution in [0.5, 0.6) is 0 Å². The van der Waals surface area contributed by atoms with Gasteiger partial charge in [-0.25, -0.2) is 0 Å². The van der Waals surface area contributed by atoms with E-state index in [2.05, 4.69) is 27.7 Å². The monoisotopic (exact) mass is 318 g/mol. The van der Waals surface area contributed by atoms with E-state index in [9.17, 15) is 0 Å². The first-order valence-electron chi connectivity index (χ1n) is 8.77. The molecule has 0 fully saturated rings. The Hall–Kier alpha value is -0.160. The fraction of sp³-hybridized carbons (Fsp3) is 1.00. The van der Waals surface area contributed by atoms with Gasteiger partial charge in [-0.05, 0) is 32.6 Å². The molecule has 0 spiro atoms. The third-order valence-corrected chi connectivity index (χ3v) is 3.40. The van der Waals surface area contributed by atoms with Gasteiger partial charge in [0.25, 0.3) is 0 Å². The third-order valence-electron chi connectivity index (χ3n) is 3.40. The zero-order chi connectivity index (χ0) is 17.0. The van der Waals surface area contributed by atoms with Crippen molar-refractivity contribution in [2.45, 2.75) is 73.2 Å². The van der Waals surface area contributed by atoms with Crippen LogP contribution in [0.25, 0.3) is 0 Å². The van der Waals surface area contributed by atoms with Crippen LogP contribution in [0.2, 0.25) is 0 Å². The topological polar surface area (TPSA) is 36.9 Å². The highest BCUT2D eigenvalue weighted by atomic mass is 16.6. The molecule has 0 aliphatic rings. The number of hydrogen-bond acceptors (Lipinski definition) is 4. The molecule has 0 N–H and O–H groups in total. The van der Waals surface area contributed by atoms with Crippen molar-refractivity contribution in [3.63, 3.8) is 0 Å². The smallest absolute Gasteiger partial charge is 0.0781 e. The van der Waals surface area contributed by atoms with Gasteiger partial charge in [-0.1, -0.05) is 34.1 Å². The van der Waals surface area contributed by atoms with Crippen LogP contribution < -0.4 is 0 Å². The second kappa shape index (κ2) is 13.3. The van der Waals surface area contributed by atoms with E-state index in [1.54, 1.807) is 0 Å². The summed E-state index contributed by atoms with van der Waals surface area (Å²) in [6, 6.07) is 0. The molecule has 0 aliphatic carbocycles. The molecular formula is C18H38O4.